The van der Waals surface area contributed by atoms with Gasteiger partial charge in [0.1, 0.15) is 5.75 Å². The molecule has 0 spiro atoms. The smallest absolute Gasteiger partial charge is 0.314 e. The second-order valence-corrected chi connectivity index (χ2v) is 5.62. The minimum absolute atomic E-state index is 0.143. The molecule has 0 saturated carbocycles. The summed E-state index contributed by atoms with van der Waals surface area (Å²) in [4.78, 5) is 20.3. The number of carboxylic acid groups (broad SMARTS) is 2. The zero-order chi connectivity index (χ0) is 11.5. The van der Waals surface area contributed by atoms with Crippen LogP contribution in [0.15, 0.2) is 0 Å². The maximum Gasteiger partial charge on any atom is 0.314 e. The van der Waals surface area contributed by atoms with Gasteiger partial charge in [0.15, 0.2) is 0 Å². The number of unbranched alkanes of at least 4 members (excludes halogenated alkanes) is 3. The summed E-state index contributed by atoms with van der Waals surface area (Å²) in [7, 11) is 2.92. The van der Waals surface area contributed by atoms with Gasteiger partial charge in [-0.3, -0.25) is 9.59 Å². The molecule has 2 N–H and O–H groups in total. The van der Waals surface area contributed by atoms with Gasteiger partial charge in [-0.25, -0.2) is 0 Å². The molecule has 0 saturated heterocycles. The highest BCUT2D eigenvalue weighted by Gasteiger charge is 1.98. The van der Waals surface area contributed by atoms with E-state index in [4.69, 9.17) is 10.2 Å². The summed E-state index contributed by atoms with van der Waals surface area (Å²) in [6.45, 7) is 0. The van der Waals surface area contributed by atoms with E-state index in [0.29, 0.717) is 0 Å². The molecule has 0 bridgehead atoms. The first-order chi connectivity index (χ1) is 7.13. The average molecular weight is 252 g/mol. The van der Waals surface area contributed by atoms with Gasteiger partial charge in [-0.1, -0.05) is 34.4 Å². The van der Waals surface area contributed by atoms with Gasteiger partial charge < -0.3 is 10.2 Å². The number of aliphatic carboxylic acids is 2. The van der Waals surface area contributed by atoms with Crippen molar-refractivity contribution in [1.82, 2.24) is 0 Å². The standard InChI is InChI=1S/C9H16O4S2/c10-8(11)5-3-1-2-4-6-14-15-7-9(12)13/h1-7H2,(H,10,11)(H,12,13). The molecular weight excluding hydrogens is 236 g/mol. The summed E-state index contributed by atoms with van der Waals surface area (Å²) < 4.78 is 0. The maximum absolute atomic E-state index is 10.2. The molecule has 0 unspecified atom stereocenters. The van der Waals surface area contributed by atoms with Crippen LogP contribution in [0.5, 0.6) is 0 Å². The predicted molar refractivity (Wildman–Crippen MR) is 63.3 cm³/mol. The Kier molecular flexibility index (Phi) is 9.92. The molecule has 0 aliphatic heterocycles. The molecule has 0 heterocycles. The molecule has 0 rings (SSSR count). The lowest BCUT2D eigenvalue weighted by molar-refractivity contribution is -0.137. The Morgan fingerprint density at radius 3 is 2.13 bits per heavy atom. The Morgan fingerprint density at radius 2 is 1.53 bits per heavy atom. The fourth-order valence-electron chi connectivity index (χ4n) is 0.942. The number of hydrogen-bond donors (Lipinski definition) is 2. The van der Waals surface area contributed by atoms with E-state index in [1.807, 2.05) is 0 Å². The molecule has 0 fully saturated rings. The zero-order valence-corrected chi connectivity index (χ0v) is 10.1. The molecule has 0 aliphatic carbocycles. The van der Waals surface area contributed by atoms with Gasteiger partial charge in [0.2, 0.25) is 0 Å². The van der Waals surface area contributed by atoms with E-state index in [-0.39, 0.29) is 12.2 Å². The lowest BCUT2D eigenvalue weighted by Crippen LogP contribution is -1.96. The van der Waals surface area contributed by atoms with Crippen molar-refractivity contribution in [2.75, 3.05) is 11.5 Å². The Labute approximate surface area is 97.2 Å². The van der Waals surface area contributed by atoms with Crippen molar-refractivity contribution >= 4 is 33.5 Å². The highest BCUT2D eigenvalue weighted by Crippen LogP contribution is 2.22. The largest absolute Gasteiger partial charge is 0.481 e. The molecule has 0 aromatic heterocycles. The van der Waals surface area contributed by atoms with Crippen LogP contribution in [-0.4, -0.2) is 33.7 Å². The first kappa shape index (κ1) is 14.6. The van der Waals surface area contributed by atoms with Gasteiger partial charge >= 0.3 is 11.9 Å². The first-order valence-corrected chi connectivity index (χ1v) is 7.29. The number of rotatable bonds is 10. The van der Waals surface area contributed by atoms with Crippen LogP contribution in [0.2, 0.25) is 0 Å². The molecule has 4 nitrogen and oxygen atoms in total. The van der Waals surface area contributed by atoms with Crippen LogP contribution in [-0.2, 0) is 9.59 Å². The Balaban J connectivity index is 2.99. The first-order valence-electron chi connectivity index (χ1n) is 4.81. The van der Waals surface area contributed by atoms with E-state index in [0.717, 1.165) is 31.4 Å². The second-order valence-electron chi connectivity index (χ2n) is 3.04. The molecule has 0 amide bonds. The van der Waals surface area contributed by atoms with Crippen molar-refractivity contribution in [3.05, 3.63) is 0 Å². The quantitative estimate of drug-likeness (QED) is 0.459. The van der Waals surface area contributed by atoms with Crippen molar-refractivity contribution in [3.63, 3.8) is 0 Å². The van der Waals surface area contributed by atoms with Gasteiger partial charge in [0.25, 0.3) is 0 Å². The van der Waals surface area contributed by atoms with Crippen molar-refractivity contribution in [3.8, 4) is 0 Å². The molecular formula is C9H16O4S2. The minimum Gasteiger partial charge on any atom is -0.481 e. The number of hydrogen-bond acceptors (Lipinski definition) is 4. The third-order valence-electron chi connectivity index (χ3n) is 1.63. The molecule has 6 heteroatoms. The van der Waals surface area contributed by atoms with Crippen molar-refractivity contribution in [1.29, 1.82) is 0 Å². The summed E-state index contributed by atoms with van der Waals surface area (Å²) in [5, 5.41) is 16.7. The second kappa shape index (κ2) is 10.2. The summed E-state index contributed by atoms with van der Waals surface area (Å²) in [6, 6.07) is 0. The zero-order valence-electron chi connectivity index (χ0n) is 8.48. The fraction of sp³-hybridized carbons (Fsp3) is 0.778. The monoisotopic (exact) mass is 252 g/mol. The third-order valence-corrected chi connectivity index (χ3v) is 3.97. The molecule has 0 aromatic carbocycles. The van der Waals surface area contributed by atoms with Gasteiger partial charge in [-0.05, 0) is 12.8 Å². The molecule has 0 aliphatic rings. The van der Waals surface area contributed by atoms with Crippen molar-refractivity contribution in [2.45, 2.75) is 32.1 Å². The van der Waals surface area contributed by atoms with Gasteiger partial charge in [-0.2, -0.15) is 0 Å². The lowest BCUT2D eigenvalue weighted by atomic mass is 10.2. The molecule has 15 heavy (non-hydrogen) atoms. The van der Waals surface area contributed by atoms with Gasteiger partial charge in [-0.15, -0.1) is 0 Å². The molecule has 0 radical (unpaired) electrons. The van der Waals surface area contributed by atoms with Crippen LogP contribution >= 0.6 is 21.6 Å². The Bertz CT molecular complexity index is 177. The van der Waals surface area contributed by atoms with E-state index >= 15 is 0 Å². The van der Waals surface area contributed by atoms with Gasteiger partial charge in [0.05, 0.1) is 0 Å². The van der Waals surface area contributed by atoms with Crippen LogP contribution in [0.25, 0.3) is 0 Å². The van der Waals surface area contributed by atoms with Crippen LogP contribution in [0, 0.1) is 0 Å². The lowest BCUT2D eigenvalue weighted by Gasteiger charge is -1.99. The van der Waals surface area contributed by atoms with E-state index in [2.05, 4.69) is 0 Å². The predicted octanol–water partition coefficient (Wildman–Crippen LogP) is 2.49. The van der Waals surface area contributed by atoms with Crippen LogP contribution in [0.4, 0.5) is 0 Å². The van der Waals surface area contributed by atoms with E-state index in [9.17, 15) is 9.59 Å². The normalized spacial score (nSPS) is 10.1. The Morgan fingerprint density at radius 1 is 0.867 bits per heavy atom. The Hall–Kier alpha value is -0.360. The topological polar surface area (TPSA) is 74.6 Å². The van der Waals surface area contributed by atoms with E-state index in [1.54, 1.807) is 10.8 Å². The van der Waals surface area contributed by atoms with Crippen molar-refractivity contribution < 1.29 is 19.8 Å². The maximum atomic E-state index is 10.2. The van der Waals surface area contributed by atoms with Crippen LogP contribution in [0.1, 0.15) is 32.1 Å². The summed E-state index contributed by atoms with van der Waals surface area (Å²) in [5.74, 6) is -0.440. The van der Waals surface area contributed by atoms with E-state index in [1.165, 1.54) is 10.8 Å². The highest BCUT2D eigenvalue weighted by molar-refractivity contribution is 8.76. The number of carboxylic acids is 2. The van der Waals surface area contributed by atoms with Crippen molar-refractivity contribution in [2.24, 2.45) is 0 Å². The third kappa shape index (κ3) is 13.6. The van der Waals surface area contributed by atoms with Crippen LogP contribution < -0.4 is 0 Å². The average Bonchev–Trinajstić information content (AvgIpc) is 2.14. The molecule has 0 aromatic rings. The summed E-state index contributed by atoms with van der Waals surface area (Å²) >= 11 is 0. The highest BCUT2D eigenvalue weighted by atomic mass is 33.1. The fourth-order valence-corrected chi connectivity index (χ4v) is 2.83. The molecule has 0 atom stereocenters. The minimum atomic E-state index is -0.783. The summed E-state index contributed by atoms with van der Waals surface area (Å²) in [6.07, 6.45) is 3.98. The van der Waals surface area contributed by atoms with Crippen LogP contribution in [0.3, 0.4) is 0 Å². The summed E-state index contributed by atoms with van der Waals surface area (Å²) in [5.41, 5.74) is 0. The SMILES string of the molecule is O=C(O)CCCCCCSSCC(=O)O. The molecule has 88 valence electrons. The number of carbonyl (C=O) groups is 2. The van der Waals surface area contributed by atoms with E-state index < -0.39 is 11.9 Å². The van der Waals surface area contributed by atoms with Gasteiger partial charge in [0, 0.05) is 12.2 Å².